The summed E-state index contributed by atoms with van der Waals surface area (Å²) >= 11 is 0. The van der Waals surface area contributed by atoms with E-state index < -0.39 is 0 Å². The largest absolute Gasteiger partial charge is 0.354 e. The molecular formula is C18H27N7O. The van der Waals surface area contributed by atoms with Crippen LogP contribution in [0.3, 0.4) is 0 Å². The third-order valence-electron chi connectivity index (χ3n) is 4.77. The van der Waals surface area contributed by atoms with E-state index in [9.17, 15) is 4.79 Å². The Hall–Kier alpha value is -2.48. The number of aromatic amines is 1. The highest BCUT2D eigenvalue weighted by molar-refractivity contribution is 5.76. The Morgan fingerprint density at radius 3 is 2.73 bits per heavy atom. The van der Waals surface area contributed by atoms with Gasteiger partial charge in [0, 0.05) is 77.2 Å². The molecule has 0 aromatic carbocycles. The van der Waals surface area contributed by atoms with Gasteiger partial charge in [-0.15, -0.1) is 0 Å². The summed E-state index contributed by atoms with van der Waals surface area (Å²) in [6, 6.07) is 1.95. The first-order valence-electron chi connectivity index (χ1n) is 9.09. The molecule has 1 fully saturated rings. The van der Waals surface area contributed by atoms with Crippen LogP contribution in [0.5, 0.6) is 0 Å². The lowest BCUT2D eigenvalue weighted by molar-refractivity contribution is -0.130. The molecule has 0 unspecified atom stereocenters. The molecule has 3 heterocycles. The van der Waals surface area contributed by atoms with Crippen molar-refractivity contribution in [3.63, 3.8) is 0 Å². The van der Waals surface area contributed by atoms with Crippen molar-refractivity contribution in [1.29, 1.82) is 0 Å². The van der Waals surface area contributed by atoms with Gasteiger partial charge in [-0.3, -0.25) is 9.69 Å². The van der Waals surface area contributed by atoms with Gasteiger partial charge in [0.25, 0.3) is 0 Å². The Labute approximate surface area is 154 Å². The molecule has 1 aliphatic heterocycles. The van der Waals surface area contributed by atoms with Gasteiger partial charge in [0.1, 0.15) is 18.0 Å². The number of aryl methyl sites for hydroxylation is 2. The summed E-state index contributed by atoms with van der Waals surface area (Å²) in [5.74, 6) is 2.03. The highest BCUT2D eigenvalue weighted by atomic mass is 16.2. The number of aromatic nitrogens is 4. The lowest BCUT2D eigenvalue weighted by Gasteiger charge is -2.36. The minimum atomic E-state index is 0.165. The predicted molar refractivity (Wildman–Crippen MR) is 100.0 cm³/mol. The Morgan fingerprint density at radius 2 is 2.08 bits per heavy atom. The van der Waals surface area contributed by atoms with Crippen LogP contribution in [0.2, 0.25) is 0 Å². The highest BCUT2D eigenvalue weighted by Gasteiger charge is 2.19. The number of carbonyl (C=O) groups excluding carboxylic acids is 1. The number of piperazine rings is 1. The van der Waals surface area contributed by atoms with Crippen molar-refractivity contribution in [3.05, 3.63) is 36.3 Å². The predicted octanol–water partition coefficient (Wildman–Crippen LogP) is 0.721. The second-order valence-electron chi connectivity index (χ2n) is 6.72. The van der Waals surface area contributed by atoms with E-state index in [1.54, 1.807) is 18.7 Å². The van der Waals surface area contributed by atoms with E-state index in [1.807, 2.05) is 24.9 Å². The number of hydrogen-bond acceptors (Lipinski definition) is 6. The van der Waals surface area contributed by atoms with E-state index in [4.69, 9.17) is 0 Å². The number of imidazole rings is 1. The second-order valence-corrected chi connectivity index (χ2v) is 6.72. The molecule has 1 aliphatic rings. The van der Waals surface area contributed by atoms with E-state index >= 15 is 0 Å². The maximum atomic E-state index is 12.3. The fraction of sp³-hybridized carbons (Fsp3) is 0.556. The van der Waals surface area contributed by atoms with Gasteiger partial charge in [-0.2, -0.15) is 0 Å². The normalized spacial score (nSPS) is 15.2. The molecule has 1 saturated heterocycles. The second kappa shape index (κ2) is 8.75. The van der Waals surface area contributed by atoms with E-state index in [2.05, 4.69) is 29.7 Å². The molecule has 8 heteroatoms. The monoisotopic (exact) mass is 357 g/mol. The summed E-state index contributed by atoms with van der Waals surface area (Å²) in [5.41, 5.74) is 1.03. The Balaban J connectivity index is 1.35. The molecule has 0 atom stereocenters. The Morgan fingerprint density at radius 1 is 1.27 bits per heavy atom. The fourth-order valence-electron chi connectivity index (χ4n) is 3.10. The summed E-state index contributed by atoms with van der Waals surface area (Å²) in [7, 11) is 1.88. The number of likely N-dealkylation sites (N-methyl/N-ethyl adjacent to an activating group) is 1. The summed E-state index contributed by atoms with van der Waals surface area (Å²) in [4.78, 5) is 34.5. The first-order chi connectivity index (χ1) is 12.6. The van der Waals surface area contributed by atoms with Crippen molar-refractivity contribution < 1.29 is 4.79 Å². The number of amides is 1. The maximum Gasteiger partial charge on any atom is 0.222 e. The van der Waals surface area contributed by atoms with Crippen LogP contribution in [0, 0.1) is 6.92 Å². The Bertz CT molecular complexity index is 695. The average molecular weight is 357 g/mol. The molecule has 1 amide bonds. The van der Waals surface area contributed by atoms with Gasteiger partial charge in [0.2, 0.25) is 5.91 Å². The summed E-state index contributed by atoms with van der Waals surface area (Å²) in [5, 5.41) is 0. The van der Waals surface area contributed by atoms with Crippen LogP contribution in [-0.4, -0.2) is 82.0 Å². The minimum absolute atomic E-state index is 0.165. The van der Waals surface area contributed by atoms with Crippen LogP contribution in [0.4, 0.5) is 5.82 Å². The van der Waals surface area contributed by atoms with E-state index in [-0.39, 0.29) is 5.91 Å². The standard InChI is InChI=1S/C18H27N7O/c1-15-13-20-16(22-15)3-4-18(26)23(2)7-8-24-9-11-25(12-10-24)17-5-6-19-14-21-17/h5-6,13-14H,3-4,7-12H2,1-2H3,(H,20,22). The van der Waals surface area contributed by atoms with Gasteiger partial charge in [-0.25, -0.2) is 15.0 Å². The summed E-state index contributed by atoms with van der Waals surface area (Å²) < 4.78 is 0. The van der Waals surface area contributed by atoms with Crippen LogP contribution < -0.4 is 4.90 Å². The zero-order chi connectivity index (χ0) is 18.4. The van der Waals surface area contributed by atoms with Crippen LogP contribution >= 0.6 is 0 Å². The van der Waals surface area contributed by atoms with Crippen molar-refractivity contribution in [1.82, 2.24) is 29.7 Å². The molecule has 0 bridgehead atoms. The van der Waals surface area contributed by atoms with Crippen molar-refractivity contribution in [2.24, 2.45) is 0 Å². The van der Waals surface area contributed by atoms with Gasteiger partial charge in [-0.05, 0) is 13.0 Å². The number of nitrogens with zero attached hydrogens (tertiary/aromatic N) is 6. The smallest absolute Gasteiger partial charge is 0.222 e. The molecule has 3 rings (SSSR count). The summed E-state index contributed by atoms with van der Waals surface area (Å²) in [6.07, 6.45) is 6.32. The number of rotatable bonds is 7. The maximum absolute atomic E-state index is 12.3. The first kappa shape index (κ1) is 18.3. The lowest BCUT2D eigenvalue weighted by Crippen LogP contribution is -2.48. The molecule has 0 spiro atoms. The molecular weight excluding hydrogens is 330 g/mol. The van der Waals surface area contributed by atoms with Gasteiger partial charge >= 0.3 is 0 Å². The molecule has 2 aromatic heterocycles. The Kier molecular flexibility index (Phi) is 6.17. The van der Waals surface area contributed by atoms with Gasteiger partial charge in [-0.1, -0.05) is 0 Å². The van der Waals surface area contributed by atoms with Crippen molar-refractivity contribution in [2.45, 2.75) is 19.8 Å². The zero-order valence-corrected chi connectivity index (χ0v) is 15.6. The quantitative estimate of drug-likeness (QED) is 0.786. The molecule has 0 saturated carbocycles. The third kappa shape index (κ3) is 5.01. The number of H-pyrrole nitrogens is 1. The SMILES string of the molecule is Cc1cnc(CCC(=O)N(C)CCN2CCN(c3ccncn3)CC2)[nH]1. The van der Waals surface area contributed by atoms with Crippen molar-refractivity contribution in [3.8, 4) is 0 Å². The molecule has 2 aromatic rings. The molecule has 140 valence electrons. The molecule has 0 radical (unpaired) electrons. The first-order valence-corrected chi connectivity index (χ1v) is 9.09. The summed E-state index contributed by atoms with van der Waals surface area (Å²) in [6.45, 7) is 7.49. The highest BCUT2D eigenvalue weighted by Crippen LogP contribution is 2.11. The van der Waals surface area contributed by atoms with Gasteiger partial charge in [0.05, 0.1) is 0 Å². The fourth-order valence-corrected chi connectivity index (χ4v) is 3.10. The molecule has 8 nitrogen and oxygen atoms in total. The number of nitrogens with one attached hydrogen (secondary N) is 1. The minimum Gasteiger partial charge on any atom is -0.354 e. The third-order valence-corrected chi connectivity index (χ3v) is 4.77. The van der Waals surface area contributed by atoms with Crippen LogP contribution in [0.1, 0.15) is 17.9 Å². The number of anilines is 1. The zero-order valence-electron chi connectivity index (χ0n) is 15.6. The van der Waals surface area contributed by atoms with Gasteiger partial charge in [0.15, 0.2) is 0 Å². The number of carbonyl (C=O) groups is 1. The van der Waals surface area contributed by atoms with Crippen molar-refractivity contribution in [2.75, 3.05) is 51.2 Å². The van der Waals surface area contributed by atoms with E-state index in [0.717, 1.165) is 56.6 Å². The average Bonchev–Trinajstić information content (AvgIpc) is 3.10. The van der Waals surface area contributed by atoms with E-state index in [0.29, 0.717) is 12.8 Å². The molecule has 1 N–H and O–H groups in total. The topological polar surface area (TPSA) is 81.2 Å². The molecule has 0 aliphatic carbocycles. The van der Waals surface area contributed by atoms with Crippen LogP contribution in [-0.2, 0) is 11.2 Å². The van der Waals surface area contributed by atoms with Crippen LogP contribution in [0.15, 0.2) is 24.8 Å². The lowest BCUT2D eigenvalue weighted by atomic mass is 10.2. The number of hydrogen-bond donors (Lipinski definition) is 1. The van der Waals surface area contributed by atoms with Crippen molar-refractivity contribution >= 4 is 11.7 Å². The van der Waals surface area contributed by atoms with Gasteiger partial charge < -0.3 is 14.8 Å². The van der Waals surface area contributed by atoms with Crippen LogP contribution in [0.25, 0.3) is 0 Å². The van der Waals surface area contributed by atoms with E-state index in [1.165, 1.54) is 0 Å². The molecule has 26 heavy (non-hydrogen) atoms.